The SMILES string of the molecule is COc1ccn2ncc(C(=O)Nc3cn(C4CCC(CN5CCN(CC#Cc6cccc7c6n(C)c(=O)n7C6CCC(=O)NC6=O)CC5)CC4)nc3C(F)F)c2n1. The summed E-state index contributed by atoms with van der Waals surface area (Å²) in [6.07, 6.45) is 5.50. The maximum atomic E-state index is 14.1. The number of benzene rings is 1. The van der Waals surface area contributed by atoms with Gasteiger partial charge < -0.3 is 15.0 Å². The van der Waals surface area contributed by atoms with Gasteiger partial charge in [0.1, 0.15) is 11.6 Å². The lowest BCUT2D eigenvalue weighted by Crippen LogP contribution is -2.48. The van der Waals surface area contributed by atoms with E-state index in [0.717, 1.165) is 58.4 Å². The maximum Gasteiger partial charge on any atom is 0.329 e. The first-order valence-corrected chi connectivity index (χ1v) is 19.1. The van der Waals surface area contributed by atoms with Crippen molar-refractivity contribution >= 4 is 40.1 Å². The van der Waals surface area contributed by atoms with E-state index >= 15 is 0 Å². The molecule has 0 radical (unpaired) electrons. The highest BCUT2D eigenvalue weighted by Gasteiger charge is 2.32. The summed E-state index contributed by atoms with van der Waals surface area (Å²) in [4.78, 5) is 59.7. The Labute approximate surface area is 325 Å². The van der Waals surface area contributed by atoms with Gasteiger partial charge in [-0.15, -0.1) is 0 Å². The molecule has 1 saturated carbocycles. The zero-order valence-electron chi connectivity index (χ0n) is 31.7. The van der Waals surface area contributed by atoms with Crippen LogP contribution in [0.5, 0.6) is 5.88 Å². The molecule has 1 atom stereocenters. The van der Waals surface area contributed by atoms with E-state index in [1.807, 2.05) is 12.1 Å². The first-order valence-electron chi connectivity index (χ1n) is 19.1. The Hall–Kier alpha value is -5.93. The number of nitrogens with zero attached hydrogens (tertiary/aromatic N) is 9. The number of rotatable bonds is 9. The van der Waals surface area contributed by atoms with Crippen molar-refractivity contribution in [3.05, 3.63) is 70.2 Å². The van der Waals surface area contributed by atoms with E-state index in [1.54, 1.807) is 30.1 Å². The number of alkyl halides is 2. The largest absolute Gasteiger partial charge is 0.481 e. The number of piperidine rings is 1. The van der Waals surface area contributed by atoms with Crippen LogP contribution < -0.4 is 21.1 Å². The molecule has 0 bridgehead atoms. The number of hydrogen-bond donors (Lipinski definition) is 2. The summed E-state index contributed by atoms with van der Waals surface area (Å²) < 4.78 is 39.3. The third-order valence-electron chi connectivity index (χ3n) is 11.3. The standard InChI is InChI=1S/C39H43F2N11O5/c1-47-34-25(5-3-7-29(34)52(39(47)56)30-12-13-31(53)44-38(30)55)6-4-15-48-17-19-49(20-18-48)22-24-8-10-26(11-9-24)51-23-28(33(46-51)35(40)41)43-37(54)27-21-42-50-16-14-32(57-2)45-36(27)50/h3,5,7,14,16,21,23-24,26,30,35H,8-13,15,17-20,22H2,1-2H3,(H,43,54)(H,44,53,55). The Morgan fingerprint density at radius 3 is 2.56 bits per heavy atom. The number of nitrogens with one attached hydrogen (secondary N) is 2. The number of aromatic nitrogens is 7. The van der Waals surface area contributed by atoms with Crippen LogP contribution in [-0.2, 0) is 16.6 Å². The molecule has 4 aromatic heterocycles. The summed E-state index contributed by atoms with van der Waals surface area (Å²) in [5.74, 6) is 5.91. The second-order valence-corrected chi connectivity index (χ2v) is 14.9. The summed E-state index contributed by atoms with van der Waals surface area (Å²) >= 11 is 0. The summed E-state index contributed by atoms with van der Waals surface area (Å²) in [5, 5.41) is 13.3. The van der Waals surface area contributed by atoms with E-state index in [4.69, 9.17) is 4.74 Å². The summed E-state index contributed by atoms with van der Waals surface area (Å²) in [7, 11) is 3.13. The fourth-order valence-electron chi connectivity index (χ4n) is 8.27. The van der Waals surface area contributed by atoms with Crippen LogP contribution in [0.25, 0.3) is 16.7 Å². The van der Waals surface area contributed by atoms with Crippen LogP contribution in [0.2, 0.25) is 0 Å². The number of methoxy groups -OCH3 is 1. The highest BCUT2D eigenvalue weighted by molar-refractivity contribution is 6.08. The van der Waals surface area contributed by atoms with Crippen LogP contribution in [0.1, 0.15) is 78.6 Å². The number of carbonyl (C=O) groups is 3. The van der Waals surface area contributed by atoms with Gasteiger partial charge in [-0.2, -0.15) is 15.2 Å². The van der Waals surface area contributed by atoms with Crippen LogP contribution in [0.4, 0.5) is 14.5 Å². The zero-order chi connectivity index (χ0) is 39.8. The number of halogens is 2. The number of para-hydroxylation sites is 1. The number of imide groups is 1. The van der Waals surface area contributed by atoms with Gasteiger partial charge in [-0.3, -0.25) is 38.4 Å². The van der Waals surface area contributed by atoms with E-state index in [2.05, 4.69) is 47.5 Å². The first kappa shape index (κ1) is 38.0. The Morgan fingerprint density at radius 1 is 1.05 bits per heavy atom. The van der Waals surface area contributed by atoms with Gasteiger partial charge in [-0.1, -0.05) is 17.9 Å². The first-order chi connectivity index (χ1) is 27.6. The molecule has 18 heteroatoms. The Kier molecular flexibility index (Phi) is 10.6. The van der Waals surface area contributed by atoms with Crippen LogP contribution >= 0.6 is 0 Å². The fraction of sp³-hybridized carbons (Fsp3) is 0.462. The minimum atomic E-state index is -2.87. The van der Waals surface area contributed by atoms with Crippen molar-refractivity contribution < 1.29 is 27.9 Å². The average molecular weight is 784 g/mol. The molecule has 0 spiro atoms. The summed E-state index contributed by atoms with van der Waals surface area (Å²) in [6, 6.07) is 6.30. The van der Waals surface area contributed by atoms with Gasteiger partial charge in [0.05, 0.1) is 48.2 Å². The molecule has 3 amide bonds. The van der Waals surface area contributed by atoms with Crippen LogP contribution in [0.15, 0.2) is 47.7 Å². The van der Waals surface area contributed by atoms with Crippen molar-refractivity contribution in [1.29, 1.82) is 0 Å². The number of fused-ring (bicyclic) bond motifs is 2. The molecule has 1 aromatic carbocycles. The number of imidazole rings is 1. The van der Waals surface area contributed by atoms with Crippen molar-refractivity contribution in [2.45, 2.75) is 57.0 Å². The minimum absolute atomic E-state index is 0.0338. The Morgan fingerprint density at radius 2 is 1.82 bits per heavy atom. The highest BCUT2D eigenvalue weighted by Crippen LogP contribution is 2.35. The Bertz CT molecular complexity index is 2460. The molecule has 8 rings (SSSR count). The molecule has 5 aromatic rings. The molecule has 1 aliphatic carbocycles. The van der Waals surface area contributed by atoms with E-state index in [-0.39, 0.29) is 47.4 Å². The third kappa shape index (κ3) is 7.64. The molecule has 57 heavy (non-hydrogen) atoms. The summed E-state index contributed by atoms with van der Waals surface area (Å²) in [6.45, 7) is 5.11. The summed E-state index contributed by atoms with van der Waals surface area (Å²) in [5.41, 5.74) is 1.52. The second-order valence-electron chi connectivity index (χ2n) is 14.9. The Balaban J connectivity index is 0.831. The molecule has 3 fully saturated rings. The van der Waals surface area contributed by atoms with E-state index in [1.165, 1.54) is 33.2 Å². The topological polar surface area (TPSA) is 166 Å². The van der Waals surface area contributed by atoms with Gasteiger partial charge in [-0.05, 0) is 50.2 Å². The molecule has 298 valence electrons. The molecule has 2 saturated heterocycles. The zero-order valence-corrected chi connectivity index (χ0v) is 31.7. The lowest BCUT2D eigenvalue weighted by Gasteiger charge is -2.37. The van der Waals surface area contributed by atoms with Gasteiger partial charge >= 0.3 is 5.69 Å². The van der Waals surface area contributed by atoms with Crippen LogP contribution in [0.3, 0.4) is 0 Å². The maximum absolute atomic E-state index is 14.1. The van der Waals surface area contributed by atoms with Crippen molar-refractivity contribution in [3.8, 4) is 17.7 Å². The van der Waals surface area contributed by atoms with Gasteiger partial charge in [0.2, 0.25) is 17.7 Å². The molecule has 2 N–H and O–H groups in total. The predicted octanol–water partition coefficient (Wildman–Crippen LogP) is 3.16. The van der Waals surface area contributed by atoms with Crippen molar-refractivity contribution in [1.82, 2.24) is 48.6 Å². The molecule has 3 aliphatic rings. The van der Waals surface area contributed by atoms with Crippen LogP contribution in [0, 0.1) is 17.8 Å². The van der Waals surface area contributed by atoms with Gasteiger partial charge in [0.25, 0.3) is 12.3 Å². The minimum Gasteiger partial charge on any atom is -0.481 e. The number of hydrogen-bond acceptors (Lipinski definition) is 10. The smallest absolute Gasteiger partial charge is 0.329 e. The van der Waals surface area contributed by atoms with Crippen molar-refractivity contribution in [3.63, 3.8) is 0 Å². The number of carbonyl (C=O) groups excluding carboxylic acids is 3. The number of piperazine rings is 1. The van der Waals surface area contributed by atoms with Gasteiger partial charge in [-0.25, -0.2) is 18.1 Å². The number of ether oxygens (including phenoxy) is 1. The lowest BCUT2D eigenvalue weighted by molar-refractivity contribution is -0.135. The lowest BCUT2D eigenvalue weighted by atomic mass is 9.85. The van der Waals surface area contributed by atoms with E-state index in [9.17, 15) is 28.0 Å². The molecule has 6 heterocycles. The number of amides is 3. The predicted molar refractivity (Wildman–Crippen MR) is 204 cm³/mol. The fourth-order valence-corrected chi connectivity index (χ4v) is 8.27. The average Bonchev–Trinajstić information content (AvgIpc) is 3.90. The van der Waals surface area contributed by atoms with E-state index in [0.29, 0.717) is 34.9 Å². The quantitative estimate of drug-likeness (QED) is 0.168. The van der Waals surface area contributed by atoms with Crippen molar-refractivity contribution in [2.75, 3.05) is 51.7 Å². The molecule has 16 nitrogen and oxygen atoms in total. The monoisotopic (exact) mass is 783 g/mol. The van der Waals surface area contributed by atoms with E-state index < -0.39 is 30.0 Å². The highest BCUT2D eigenvalue weighted by atomic mass is 19.3. The third-order valence-corrected chi connectivity index (χ3v) is 11.3. The normalized spacial score (nSPS) is 20.8. The second kappa shape index (κ2) is 15.9. The van der Waals surface area contributed by atoms with Crippen LogP contribution in [-0.4, -0.2) is 107 Å². The molecular formula is C39H43F2N11O5. The molecular weight excluding hydrogens is 740 g/mol. The number of aryl methyl sites for hydroxylation is 1. The molecule has 2 aliphatic heterocycles. The van der Waals surface area contributed by atoms with Gasteiger partial charge in [0, 0.05) is 64.7 Å². The number of anilines is 1. The molecule has 1 unspecified atom stereocenters. The van der Waals surface area contributed by atoms with Crippen molar-refractivity contribution in [2.24, 2.45) is 13.0 Å². The van der Waals surface area contributed by atoms with Gasteiger partial charge in [0.15, 0.2) is 11.3 Å².